The minimum atomic E-state index is 0.187. The summed E-state index contributed by atoms with van der Waals surface area (Å²) in [5.41, 5.74) is 2.77. The summed E-state index contributed by atoms with van der Waals surface area (Å²) < 4.78 is 12.4. The number of nitrogens with one attached hydrogen (secondary N) is 1. The van der Waals surface area contributed by atoms with Gasteiger partial charge >= 0.3 is 0 Å². The fraction of sp³-hybridized carbons (Fsp3) is 0.600. The summed E-state index contributed by atoms with van der Waals surface area (Å²) in [5, 5.41) is 3.69. The molecule has 2 heterocycles. The van der Waals surface area contributed by atoms with Crippen molar-refractivity contribution in [2.45, 2.75) is 38.3 Å². The SMILES string of the molecule is CC1(NCc2cc(Br)cc3c2OCC3)CCOCC1. The third-order valence-corrected chi connectivity index (χ3v) is 4.59. The van der Waals surface area contributed by atoms with Gasteiger partial charge in [0.1, 0.15) is 5.75 Å². The molecule has 2 aliphatic rings. The van der Waals surface area contributed by atoms with E-state index in [2.05, 4.69) is 40.3 Å². The van der Waals surface area contributed by atoms with Gasteiger partial charge in [-0.25, -0.2) is 0 Å². The fourth-order valence-corrected chi connectivity index (χ4v) is 3.34. The van der Waals surface area contributed by atoms with Crippen molar-refractivity contribution in [1.29, 1.82) is 0 Å². The van der Waals surface area contributed by atoms with E-state index in [0.717, 1.165) is 55.9 Å². The first-order chi connectivity index (χ1) is 9.16. The summed E-state index contributed by atoms with van der Waals surface area (Å²) in [6, 6.07) is 4.34. The van der Waals surface area contributed by atoms with Gasteiger partial charge in [-0.05, 0) is 37.5 Å². The Bertz CT molecular complexity index is 469. The highest BCUT2D eigenvalue weighted by Gasteiger charge is 2.27. The summed E-state index contributed by atoms with van der Waals surface area (Å²) in [6.45, 7) is 5.67. The maximum atomic E-state index is 5.77. The average molecular weight is 326 g/mol. The molecule has 0 amide bonds. The van der Waals surface area contributed by atoms with Crippen molar-refractivity contribution in [1.82, 2.24) is 5.32 Å². The summed E-state index contributed by atoms with van der Waals surface area (Å²) >= 11 is 3.59. The van der Waals surface area contributed by atoms with Crippen LogP contribution >= 0.6 is 15.9 Å². The van der Waals surface area contributed by atoms with Gasteiger partial charge in [0.2, 0.25) is 0 Å². The Morgan fingerprint density at radius 3 is 2.84 bits per heavy atom. The van der Waals surface area contributed by atoms with Crippen LogP contribution in [0.15, 0.2) is 16.6 Å². The van der Waals surface area contributed by atoms with E-state index in [4.69, 9.17) is 9.47 Å². The topological polar surface area (TPSA) is 30.5 Å². The van der Waals surface area contributed by atoms with E-state index in [-0.39, 0.29) is 5.54 Å². The Kier molecular flexibility index (Phi) is 3.83. The normalized spacial score (nSPS) is 20.9. The number of hydrogen-bond acceptors (Lipinski definition) is 3. The third-order valence-electron chi connectivity index (χ3n) is 4.13. The molecule has 3 nitrogen and oxygen atoms in total. The van der Waals surface area contributed by atoms with Gasteiger partial charge in [0.25, 0.3) is 0 Å². The van der Waals surface area contributed by atoms with Crippen LogP contribution in [-0.2, 0) is 17.7 Å². The zero-order valence-electron chi connectivity index (χ0n) is 11.3. The van der Waals surface area contributed by atoms with Crippen molar-refractivity contribution < 1.29 is 9.47 Å². The molecule has 1 N–H and O–H groups in total. The van der Waals surface area contributed by atoms with Crippen LogP contribution in [0.1, 0.15) is 30.9 Å². The molecule has 1 aromatic rings. The molecule has 1 fully saturated rings. The second kappa shape index (κ2) is 5.43. The smallest absolute Gasteiger partial charge is 0.127 e. The lowest BCUT2D eigenvalue weighted by atomic mass is 9.92. The maximum absolute atomic E-state index is 5.77. The second-order valence-corrected chi connectivity index (χ2v) is 6.59. The number of ether oxygens (including phenoxy) is 2. The van der Waals surface area contributed by atoms with Crippen LogP contribution in [0.25, 0.3) is 0 Å². The van der Waals surface area contributed by atoms with Crippen molar-refractivity contribution in [2.24, 2.45) is 0 Å². The van der Waals surface area contributed by atoms with Gasteiger partial charge in [-0.3, -0.25) is 0 Å². The first kappa shape index (κ1) is 13.4. The third kappa shape index (κ3) is 2.96. The van der Waals surface area contributed by atoms with Crippen LogP contribution in [-0.4, -0.2) is 25.4 Å². The lowest BCUT2D eigenvalue weighted by Gasteiger charge is -2.34. The quantitative estimate of drug-likeness (QED) is 0.926. The van der Waals surface area contributed by atoms with Gasteiger partial charge < -0.3 is 14.8 Å². The monoisotopic (exact) mass is 325 g/mol. The van der Waals surface area contributed by atoms with E-state index >= 15 is 0 Å². The maximum Gasteiger partial charge on any atom is 0.127 e. The number of rotatable bonds is 3. The molecule has 2 aliphatic heterocycles. The molecule has 0 spiro atoms. The molecule has 0 aliphatic carbocycles. The van der Waals surface area contributed by atoms with Crippen molar-refractivity contribution in [3.63, 3.8) is 0 Å². The van der Waals surface area contributed by atoms with Gasteiger partial charge in [-0.1, -0.05) is 15.9 Å². The number of hydrogen-bond donors (Lipinski definition) is 1. The van der Waals surface area contributed by atoms with Crippen molar-refractivity contribution in [3.05, 3.63) is 27.7 Å². The molecular formula is C15H20BrNO2. The van der Waals surface area contributed by atoms with E-state index in [0.29, 0.717) is 0 Å². The molecular weight excluding hydrogens is 306 g/mol. The Hall–Kier alpha value is -0.580. The predicted molar refractivity (Wildman–Crippen MR) is 78.6 cm³/mol. The van der Waals surface area contributed by atoms with Crippen LogP contribution in [0.5, 0.6) is 5.75 Å². The number of halogens is 1. The minimum Gasteiger partial charge on any atom is -0.493 e. The van der Waals surface area contributed by atoms with E-state index in [1.54, 1.807) is 0 Å². The molecule has 104 valence electrons. The van der Waals surface area contributed by atoms with Crippen molar-refractivity contribution >= 4 is 15.9 Å². The van der Waals surface area contributed by atoms with E-state index in [9.17, 15) is 0 Å². The molecule has 0 unspecified atom stereocenters. The molecule has 0 radical (unpaired) electrons. The predicted octanol–water partition coefficient (Wildman–Crippen LogP) is 3.04. The van der Waals surface area contributed by atoms with E-state index < -0.39 is 0 Å². The average Bonchev–Trinajstić information content (AvgIpc) is 2.85. The number of benzene rings is 1. The van der Waals surface area contributed by atoms with E-state index in [1.807, 2.05) is 0 Å². The molecule has 0 aromatic heterocycles. The van der Waals surface area contributed by atoms with Crippen LogP contribution < -0.4 is 10.1 Å². The Morgan fingerprint density at radius 1 is 1.26 bits per heavy atom. The van der Waals surface area contributed by atoms with Crippen LogP contribution in [0, 0.1) is 0 Å². The Morgan fingerprint density at radius 2 is 2.05 bits per heavy atom. The highest BCUT2D eigenvalue weighted by atomic mass is 79.9. The Labute approximate surface area is 122 Å². The van der Waals surface area contributed by atoms with Crippen molar-refractivity contribution in [3.8, 4) is 5.75 Å². The van der Waals surface area contributed by atoms with Gasteiger partial charge in [-0.2, -0.15) is 0 Å². The Balaban J connectivity index is 1.73. The molecule has 0 atom stereocenters. The lowest BCUT2D eigenvalue weighted by Crippen LogP contribution is -2.46. The summed E-state index contributed by atoms with van der Waals surface area (Å²) in [4.78, 5) is 0. The van der Waals surface area contributed by atoms with Gasteiger partial charge in [0.15, 0.2) is 0 Å². The molecule has 3 rings (SSSR count). The largest absolute Gasteiger partial charge is 0.493 e. The molecule has 0 bridgehead atoms. The highest BCUT2D eigenvalue weighted by Crippen LogP contribution is 2.33. The summed E-state index contributed by atoms with van der Waals surface area (Å²) in [7, 11) is 0. The molecule has 19 heavy (non-hydrogen) atoms. The van der Waals surface area contributed by atoms with Gasteiger partial charge in [0, 0.05) is 41.8 Å². The lowest BCUT2D eigenvalue weighted by molar-refractivity contribution is 0.0445. The highest BCUT2D eigenvalue weighted by molar-refractivity contribution is 9.10. The van der Waals surface area contributed by atoms with E-state index in [1.165, 1.54) is 11.1 Å². The van der Waals surface area contributed by atoms with Crippen LogP contribution in [0.2, 0.25) is 0 Å². The van der Waals surface area contributed by atoms with Gasteiger partial charge in [0.05, 0.1) is 6.61 Å². The summed E-state index contributed by atoms with van der Waals surface area (Å²) in [5.74, 6) is 1.09. The molecule has 1 saturated heterocycles. The van der Waals surface area contributed by atoms with Gasteiger partial charge in [-0.15, -0.1) is 0 Å². The minimum absolute atomic E-state index is 0.187. The zero-order valence-corrected chi connectivity index (χ0v) is 12.9. The molecule has 4 heteroatoms. The van der Waals surface area contributed by atoms with Crippen molar-refractivity contribution in [2.75, 3.05) is 19.8 Å². The zero-order chi connectivity index (χ0) is 13.3. The fourth-order valence-electron chi connectivity index (χ4n) is 2.78. The molecule has 0 saturated carbocycles. The first-order valence-electron chi connectivity index (χ1n) is 6.93. The molecule has 1 aromatic carbocycles. The second-order valence-electron chi connectivity index (χ2n) is 5.68. The van der Waals surface area contributed by atoms with Crippen LogP contribution in [0.4, 0.5) is 0 Å². The first-order valence-corrected chi connectivity index (χ1v) is 7.72. The standard InChI is InChI=1S/C15H20BrNO2/c1-15(3-6-18-7-4-15)17-10-12-9-13(16)8-11-2-5-19-14(11)12/h8-9,17H,2-7,10H2,1H3. The number of fused-ring (bicyclic) bond motifs is 1. The van der Waals surface area contributed by atoms with Crippen LogP contribution in [0.3, 0.4) is 0 Å². The summed E-state index contributed by atoms with van der Waals surface area (Å²) in [6.07, 6.45) is 3.17.